The molecule has 1 nitrogen and oxygen atoms in total. The second-order valence-corrected chi connectivity index (χ2v) is 4.25. The molecule has 0 amide bonds. The SMILES string of the molecule is CCCC(CBr)COCCCC(F)(F)F. The molecule has 0 aliphatic carbocycles. The van der Waals surface area contributed by atoms with Crippen LogP contribution in [0.5, 0.6) is 0 Å². The van der Waals surface area contributed by atoms with E-state index in [2.05, 4.69) is 22.9 Å². The molecule has 0 aromatic heterocycles. The lowest BCUT2D eigenvalue weighted by Gasteiger charge is -2.13. The highest BCUT2D eigenvalue weighted by Gasteiger charge is 2.25. The van der Waals surface area contributed by atoms with Gasteiger partial charge in [-0.3, -0.25) is 0 Å². The summed E-state index contributed by atoms with van der Waals surface area (Å²) < 4.78 is 40.5. The lowest BCUT2D eigenvalue weighted by molar-refractivity contribution is -0.138. The van der Waals surface area contributed by atoms with E-state index in [1.165, 1.54) is 0 Å². The Balaban J connectivity index is 3.36. The molecule has 0 bridgehead atoms. The van der Waals surface area contributed by atoms with Crippen molar-refractivity contribution >= 4 is 15.9 Å². The predicted molar refractivity (Wildman–Crippen MR) is 58.3 cm³/mol. The fraction of sp³-hybridized carbons (Fsp3) is 1.00. The van der Waals surface area contributed by atoms with Gasteiger partial charge in [0.25, 0.3) is 0 Å². The summed E-state index contributed by atoms with van der Waals surface area (Å²) >= 11 is 3.36. The van der Waals surface area contributed by atoms with Crippen molar-refractivity contribution in [1.82, 2.24) is 0 Å². The van der Waals surface area contributed by atoms with Gasteiger partial charge in [0.05, 0.1) is 6.61 Å². The summed E-state index contributed by atoms with van der Waals surface area (Å²) in [7, 11) is 0. The molecule has 0 fully saturated rings. The zero-order valence-corrected chi connectivity index (χ0v) is 10.5. The minimum atomic E-state index is -4.05. The third-order valence-electron chi connectivity index (χ3n) is 2.02. The highest BCUT2D eigenvalue weighted by molar-refractivity contribution is 9.09. The lowest BCUT2D eigenvalue weighted by Crippen LogP contribution is -2.13. The Kier molecular flexibility index (Phi) is 8.52. The second kappa shape index (κ2) is 8.39. The third-order valence-corrected chi connectivity index (χ3v) is 2.93. The van der Waals surface area contributed by atoms with E-state index < -0.39 is 12.6 Å². The van der Waals surface area contributed by atoms with Crippen molar-refractivity contribution in [2.24, 2.45) is 5.92 Å². The van der Waals surface area contributed by atoms with Gasteiger partial charge in [-0.2, -0.15) is 13.2 Å². The minimum Gasteiger partial charge on any atom is -0.381 e. The quantitative estimate of drug-likeness (QED) is 0.482. The molecule has 15 heavy (non-hydrogen) atoms. The summed E-state index contributed by atoms with van der Waals surface area (Å²) in [5.41, 5.74) is 0. The molecule has 0 aliphatic heterocycles. The summed E-state index contributed by atoms with van der Waals surface area (Å²) in [5, 5.41) is 0.847. The van der Waals surface area contributed by atoms with Gasteiger partial charge in [0.2, 0.25) is 0 Å². The summed E-state index contributed by atoms with van der Waals surface area (Å²) in [4.78, 5) is 0. The van der Waals surface area contributed by atoms with Crippen LogP contribution in [0, 0.1) is 5.92 Å². The van der Waals surface area contributed by atoms with E-state index in [4.69, 9.17) is 4.74 Å². The summed E-state index contributed by atoms with van der Waals surface area (Å²) in [6.45, 7) is 2.84. The first-order valence-electron chi connectivity index (χ1n) is 5.20. The monoisotopic (exact) mass is 290 g/mol. The Bertz CT molecular complexity index is 150. The zero-order valence-electron chi connectivity index (χ0n) is 8.95. The largest absolute Gasteiger partial charge is 0.389 e. The van der Waals surface area contributed by atoms with Crippen LogP contribution in [0.25, 0.3) is 0 Å². The fourth-order valence-corrected chi connectivity index (χ4v) is 1.75. The highest BCUT2D eigenvalue weighted by atomic mass is 79.9. The predicted octanol–water partition coefficient (Wildman–Crippen LogP) is 4.16. The van der Waals surface area contributed by atoms with E-state index in [9.17, 15) is 13.2 Å². The molecule has 0 aromatic rings. The molecular formula is C10H18BrF3O. The first-order chi connectivity index (χ1) is 6.99. The van der Waals surface area contributed by atoms with Crippen molar-refractivity contribution in [3.05, 3.63) is 0 Å². The molecule has 0 saturated carbocycles. The molecule has 1 atom stereocenters. The van der Waals surface area contributed by atoms with Crippen molar-refractivity contribution in [3.63, 3.8) is 0 Å². The number of ether oxygens (including phenoxy) is 1. The highest BCUT2D eigenvalue weighted by Crippen LogP contribution is 2.21. The third kappa shape index (κ3) is 10.5. The Morgan fingerprint density at radius 3 is 2.47 bits per heavy atom. The number of rotatable bonds is 8. The van der Waals surface area contributed by atoms with Gasteiger partial charge in [0.15, 0.2) is 0 Å². The normalized spacial score (nSPS) is 14.2. The van der Waals surface area contributed by atoms with Gasteiger partial charge in [0.1, 0.15) is 0 Å². The van der Waals surface area contributed by atoms with Crippen LogP contribution < -0.4 is 0 Å². The molecule has 1 unspecified atom stereocenters. The van der Waals surface area contributed by atoms with Gasteiger partial charge in [-0.15, -0.1) is 0 Å². The van der Waals surface area contributed by atoms with Gasteiger partial charge < -0.3 is 4.74 Å². The number of hydrogen-bond donors (Lipinski definition) is 0. The van der Waals surface area contributed by atoms with E-state index in [-0.39, 0.29) is 13.0 Å². The molecule has 0 spiro atoms. The van der Waals surface area contributed by atoms with E-state index in [1.54, 1.807) is 0 Å². The molecule has 0 aliphatic rings. The molecule has 0 radical (unpaired) electrons. The van der Waals surface area contributed by atoms with Crippen LogP contribution >= 0.6 is 15.9 Å². The van der Waals surface area contributed by atoms with Crippen molar-refractivity contribution in [3.8, 4) is 0 Å². The molecule has 5 heteroatoms. The van der Waals surface area contributed by atoms with Crippen molar-refractivity contribution in [1.29, 1.82) is 0 Å². The molecule has 0 aromatic carbocycles. The Labute approximate surface area is 97.5 Å². The van der Waals surface area contributed by atoms with Crippen LogP contribution in [-0.2, 0) is 4.74 Å². The Morgan fingerprint density at radius 2 is 2.00 bits per heavy atom. The van der Waals surface area contributed by atoms with Gasteiger partial charge in [0, 0.05) is 18.4 Å². The molecule has 0 heterocycles. The average molecular weight is 291 g/mol. The van der Waals surface area contributed by atoms with Crippen LogP contribution in [0.1, 0.15) is 32.6 Å². The Hall–Kier alpha value is 0.230. The van der Waals surface area contributed by atoms with Crippen LogP contribution in [0.15, 0.2) is 0 Å². The van der Waals surface area contributed by atoms with E-state index in [1.807, 2.05) is 0 Å². The van der Waals surface area contributed by atoms with Crippen molar-refractivity contribution in [2.45, 2.75) is 38.8 Å². The van der Waals surface area contributed by atoms with Crippen LogP contribution in [0.3, 0.4) is 0 Å². The van der Waals surface area contributed by atoms with E-state index >= 15 is 0 Å². The van der Waals surface area contributed by atoms with E-state index in [0.29, 0.717) is 12.5 Å². The summed E-state index contributed by atoms with van der Waals surface area (Å²) in [5.74, 6) is 0.417. The second-order valence-electron chi connectivity index (χ2n) is 3.60. The van der Waals surface area contributed by atoms with Crippen molar-refractivity contribution in [2.75, 3.05) is 18.5 Å². The van der Waals surface area contributed by atoms with Crippen LogP contribution in [0.4, 0.5) is 13.2 Å². The average Bonchev–Trinajstić information content (AvgIpc) is 2.14. The Morgan fingerprint density at radius 1 is 1.33 bits per heavy atom. The van der Waals surface area contributed by atoms with Crippen LogP contribution in [0.2, 0.25) is 0 Å². The van der Waals surface area contributed by atoms with Gasteiger partial charge in [-0.1, -0.05) is 29.3 Å². The first kappa shape index (κ1) is 15.2. The maximum absolute atomic E-state index is 11.8. The van der Waals surface area contributed by atoms with Gasteiger partial charge in [-0.05, 0) is 18.8 Å². The van der Waals surface area contributed by atoms with Crippen molar-refractivity contribution < 1.29 is 17.9 Å². The molecule has 0 rings (SSSR count). The fourth-order valence-electron chi connectivity index (χ4n) is 1.24. The number of alkyl halides is 4. The molecule has 0 N–H and O–H groups in total. The summed E-state index contributed by atoms with van der Waals surface area (Å²) in [6, 6.07) is 0. The number of halogens is 4. The number of hydrogen-bond acceptors (Lipinski definition) is 1. The molecule has 0 saturated heterocycles. The summed E-state index contributed by atoms with van der Waals surface area (Å²) in [6.07, 6.45) is -2.63. The first-order valence-corrected chi connectivity index (χ1v) is 6.32. The lowest BCUT2D eigenvalue weighted by atomic mass is 10.1. The maximum atomic E-state index is 11.8. The molecule has 92 valence electrons. The maximum Gasteiger partial charge on any atom is 0.389 e. The zero-order chi connectivity index (χ0) is 11.7. The van der Waals surface area contributed by atoms with E-state index in [0.717, 1.165) is 18.2 Å². The van der Waals surface area contributed by atoms with Crippen LogP contribution in [-0.4, -0.2) is 24.7 Å². The molecular weight excluding hydrogens is 273 g/mol. The smallest absolute Gasteiger partial charge is 0.381 e. The van der Waals surface area contributed by atoms with Gasteiger partial charge >= 0.3 is 6.18 Å². The van der Waals surface area contributed by atoms with Gasteiger partial charge in [-0.25, -0.2) is 0 Å². The standard InChI is InChI=1S/C10H18BrF3O/c1-2-4-9(7-11)8-15-6-3-5-10(12,13)14/h9H,2-8H2,1H3. The topological polar surface area (TPSA) is 9.23 Å². The minimum absolute atomic E-state index is 0.0601.